The van der Waals surface area contributed by atoms with Gasteiger partial charge in [0.15, 0.2) is 0 Å². The van der Waals surface area contributed by atoms with Crippen molar-refractivity contribution in [3.8, 4) is 0 Å². The SMILES string of the molecule is CC1CN(c2ncc(Br)cc2CCl)CCO1. The highest BCUT2D eigenvalue weighted by atomic mass is 79.9. The van der Waals surface area contributed by atoms with Crippen LogP contribution in [0, 0.1) is 0 Å². The van der Waals surface area contributed by atoms with Gasteiger partial charge in [0.2, 0.25) is 0 Å². The molecule has 1 aliphatic rings. The molecule has 88 valence electrons. The van der Waals surface area contributed by atoms with Gasteiger partial charge in [-0.1, -0.05) is 0 Å². The van der Waals surface area contributed by atoms with E-state index in [4.69, 9.17) is 16.3 Å². The van der Waals surface area contributed by atoms with Crippen LogP contribution in [0.3, 0.4) is 0 Å². The number of pyridine rings is 1. The standard InChI is InChI=1S/C11H14BrClN2O/c1-8-7-15(2-3-16-8)11-9(5-13)4-10(12)6-14-11/h4,6,8H,2-3,5,7H2,1H3. The predicted octanol–water partition coefficient (Wildman–Crippen LogP) is 2.81. The number of rotatable bonds is 2. The van der Waals surface area contributed by atoms with Crippen LogP contribution >= 0.6 is 27.5 Å². The molecule has 3 nitrogen and oxygen atoms in total. The van der Waals surface area contributed by atoms with Gasteiger partial charge in [0.05, 0.1) is 18.6 Å². The number of ether oxygens (including phenoxy) is 1. The second-order valence-electron chi connectivity index (χ2n) is 3.90. The first-order valence-corrected chi connectivity index (χ1v) is 6.60. The molecule has 0 amide bonds. The van der Waals surface area contributed by atoms with E-state index in [2.05, 4.69) is 32.7 Å². The van der Waals surface area contributed by atoms with Gasteiger partial charge in [0, 0.05) is 29.3 Å². The van der Waals surface area contributed by atoms with Gasteiger partial charge in [-0.2, -0.15) is 0 Å². The predicted molar refractivity (Wildman–Crippen MR) is 69.1 cm³/mol. The van der Waals surface area contributed by atoms with Crippen molar-refractivity contribution >= 4 is 33.3 Å². The molecule has 0 bridgehead atoms. The van der Waals surface area contributed by atoms with Gasteiger partial charge < -0.3 is 9.64 Å². The Labute approximate surface area is 109 Å². The van der Waals surface area contributed by atoms with Crippen LogP contribution < -0.4 is 4.90 Å². The van der Waals surface area contributed by atoms with E-state index in [1.165, 1.54) is 0 Å². The summed E-state index contributed by atoms with van der Waals surface area (Å²) < 4.78 is 6.48. The second-order valence-corrected chi connectivity index (χ2v) is 5.08. The van der Waals surface area contributed by atoms with Crippen LogP contribution in [0.4, 0.5) is 5.82 Å². The first-order valence-electron chi connectivity index (χ1n) is 5.27. The summed E-state index contributed by atoms with van der Waals surface area (Å²) in [4.78, 5) is 6.68. The highest BCUT2D eigenvalue weighted by Gasteiger charge is 2.20. The Morgan fingerprint density at radius 2 is 2.50 bits per heavy atom. The first-order chi connectivity index (χ1) is 7.70. The highest BCUT2D eigenvalue weighted by molar-refractivity contribution is 9.10. The Morgan fingerprint density at radius 1 is 1.69 bits per heavy atom. The number of morpholine rings is 1. The van der Waals surface area contributed by atoms with Gasteiger partial charge in [-0.3, -0.25) is 0 Å². The summed E-state index contributed by atoms with van der Waals surface area (Å²) in [7, 11) is 0. The van der Waals surface area contributed by atoms with Crippen molar-refractivity contribution in [1.29, 1.82) is 0 Å². The largest absolute Gasteiger partial charge is 0.375 e. The Balaban J connectivity index is 2.24. The first kappa shape index (κ1) is 12.1. The van der Waals surface area contributed by atoms with E-state index in [0.717, 1.165) is 35.6 Å². The zero-order chi connectivity index (χ0) is 11.5. The quantitative estimate of drug-likeness (QED) is 0.786. The van der Waals surface area contributed by atoms with Crippen LogP contribution in [0.2, 0.25) is 0 Å². The van der Waals surface area contributed by atoms with Crippen molar-refractivity contribution in [2.45, 2.75) is 18.9 Å². The smallest absolute Gasteiger partial charge is 0.133 e. The molecule has 0 aromatic carbocycles. The minimum Gasteiger partial charge on any atom is -0.375 e. The molecule has 0 radical (unpaired) electrons. The van der Waals surface area contributed by atoms with Gasteiger partial charge in [-0.25, -0.2) is 4.98 Å². The summed E-state index contributed by atoms with van der Waals surface area (Å²) in [6, 6.07) is 2.02. The Bertz CT molecular complexity index is 375. The number of nitrogens with zero attached hydrogens (tertiary/aromatic N) is 2. The third-order valence-electron chi connectivity index (χ3n) is 2.59. The van der Waals surface area contributed by atoms with E-state index in [1.807, 2.05) is 12.3 Å². The van der Waals surface area contributed by atoms with Crippen LogP contribution in [-0.2, 0) is 10.6 Å². The topological polar surface area (TPSA) is 25.4 Å². The number of hydrogen-bond donors (Lipinski definition) is 0. The van der Waals surface area contributed by atoms with Gasteiger partial charge >= 0.3 is 0 Å². The fourth-order valence-corrected chi connectivity index (χ4v) is 2.44. The average molecular weight is 306 g/mol. The molecule has 1 aliphatic heterocycles. The Kier molecular flexibility index (Phi) is 4.05. The van der Waals surface area contributed by atoms with Crippen LogP contribution in [0.1, 0.15) is 12.5 Å². The summed E-state index contributed by atoms with van der Waals surface area (Å²) in [6.07, 6.45) is 2.06. The average Bonchev–Trinajstić information content (AvgIpc) is 2.28. The van der Waals surface area contributed by atoms with E-state index in [9.17, 15) is 0 Å². The summed E-state index contributed by atoms with van der Waals surface area (Å²) in [5.74, 6) is 1.46. The lowest BCUT2D eigenvalue weighted by Crippen LogP contribution is -2.41. The molecule has 0 spiro atoms. The van der Waals surface area contributed by atoms with Crippen LogP contribution in [0.25, 0.3) is 0 Å². The van der Waals surface area contributed by atoms with Crippen molar-refractivity contribution in [1.82, 2.24) is 4.98 Å². The maximum atomic E-state index is 5.94. The molecule has 1 aromatic heterocycles. The fraction of sp³-hybridized carbons (Fsp3) is 0.545. The minimum atomic E-state index is 0.252. The van der Waals surface area contributed by atoms with E-state index < -0.39 is 0 Å². The number of alkyl halides is 1. The lowest BCUT2D eigenvalue weighted by atomic mass is 10.2. The monoisotopic (exact) mass is 304 g/mol. The normalized spacial score (nSPS) is 21.2. The van der Waals surface area contributed by atoms with Gasteiger partial charge in [-0.15, -0.1) is 11.6 Å². The van der Waals surface area contributed by atoms with Gasteiger partial charge in [-0.05, 0) is 28.9 Å². The van der Waals surface area contributed by atoms with Crippen molar-refractivity contribution in [3.05, 3.63) is 22.3 Å². The van der Waals surface area contributed by atoms with E-state index in [1.54, 1.807) is 0 Å². The lowest BCUT2D eigenvalue weighted by molar-refractivity contribution is 0.0529. The number of anilines is 1. The number of aromatic nitrogens is 1. The molecule has 16 heavy (non-hydrogen) atoms. The number of hydrogen-bond acceptors (Lipinski definition) is 3. The van der Waals surface area contributed by atoms with Crippen LogP contribution in [0.5, 0.6) is 0 Å². The molecule has 1 aromatic rings. The van der Waals surface area contributed by atoms with Crippen LogP contribution in [0.15, 0.2) is 16.7 Å². The third-order valence-corrected chi connectivity index (χ3v) is 3.32. The molecule has 0 aliphatic carbocycles. The zero-order valence-corrected chi connectivity index (χ0v) is 11.5. The molecule has 2 heterocycles. The molecule has 0 N–H and O–H groups in total. The molecule has 1 atom stereocenters. The van der Waals surface area contributed by atoms with E-state index in [-0.39, 0.29) is 6.10 Å². The molecule has 1 unspecified atom stereocenters. The van der Waals surface area contributed by atoms with Crippen LogP contribution in [-0.4, -0.2) is 30.8 Å². The lowest BCUT2D eigenvalue weighted by Gasteiger charge is -2.33. The maximum absolute atomic E-state index is 5.94. The van der Waals surface area contributed by atoms with Crippen molar-refractivity contribution in [2.75, 3.05) is 24.6 Å². The Hall–Kier alpha value is -0.320. The Morgan fingerprint density at radius 3 is 3.19 bits per heavy atom. The van der Waals surface area contributed by atoms with Crippen molar-refractivity contribution in [2.24, 2.45) is 0 Å². The van der Waals surface area contributed by atoms with Crippen molar-refractivity contribution < 1.29 is 4.74 Å². The summed E-state index contributed by atoms with van der Waals surface area (Å²) in [5.41, 5.74) is 1.06. The molecule has 1 fully saturated rings. The number of halogens is 2. The third kappa shape index (κ3) is 2.67. The van der Waals surface area contributed by atoms with E-state index in [0.29, 0.717) is 5.88 Å². The molecule has 0 saturated carbocycles. The molecular formula is C11H14BrClN2O. The molecule has 2 rings (SSSR count). The van der Waals surface area contributed by atoms with Gasteiger partial charge in [0.1, 0.15) is 5.82 Å². The maximum Gasteiger partial charge on any atom is 0.133 e. The zero-order valence-electron chi connectivity index (χ0n) is 9.12. The summed E-state index contributed by atoms with van der Waals surface area (Å²) in [6.45, 7) is 4.58. The minimum absolute atomic E-state index is 0.252. The van der Waals surface area contributed by atoms with Gasteiger partial charge in [0.25, 0.3) is 0 Å². The second kappa shape index (κ2) is 5.34. The van der Waals surface area contributed by atoms with E-state index >= 15 is 0 Å². The molecular weight excluding hydrogens is 291 g/mol. The highest BCUT2D eigenvalue weighted by Crippen LogP contribution is 2.24. The van der Waals surface area contributed by atoms with Crippen molar-refractivity contribution in [3.63, 3.8) is 0 Å². The summed E-state index contributed by atoms with van der Waals surface area (Å²) in [5, 5.41) is 0. The fourth-order valence-electron chi connectivity index (χ4n) is 1.87. The molecule has 5 heteroatoms. The molecule has 1 saturated heterocycles. The summed E-state index contributed by atoms with van der Waals surface area (Å²) >= 11 is 9.35.